The number of pyridine rings is 2. The van der Waals surface area contributed by atoms with Crippen molar-refractivity contribution in [3.63, 3.8) is 0 Å². The first-order chi connectivity index (χ1) is 14.1. The molecule has 4 aromatic rings. The minimum atomic E-state index is 0.882. The van der Waals surface area contributed by atoms with Crippen LogP contribution in [-0.4, -0.2) is 62.6 Å². The Morgan fingerprint density at radius 3 is 2.79 bits per heavy atom. The average Bonchev–Trinajstić information content (AvgIpc) is 3.36. The maximum Gasteiger partial charge on any atom is 0.137 e. The highest BCUT2D eigenvalue weighted by atomic mass is 15.2. The maximum atomic E-state index is 4.66. The molecule has 1 N–H and O–H groups in total. The van der Waals surface area contributed by atoms with Gasteiger partial charge >= 0.3 is 0 Å². The standard InChI is InChI=1S/C23H24N6/c1-4-17-14-26-29-6-5-18(12-22(17)29)21-15-25-23-20(21)11-19(13-24-23)16(2)28-9-7-27(3)8-10-28/h4-6,11-15H,1-2,7-10H2,3H3,(H,24,25). The van der Waals surface area contributed by atoms with E-state index in [1.165, 1.54) is 0 Å². The first kappa shape index (κ1) is 17.7. The average molecular weight is 384 g/mol. The van der Waals surface area contributed by atoms with Gasteiger partial charge < -0.3 is 14.8 Å². The highest BCUT2D eigenvalue weighted by Crippen LogP contribution is 2.31. The molecule has 29 heavy (non-hydrogen) atoms. The number of aromatic nitrogens is 4. The van der Waals surface area contributed by atoms with E-state index in [2.05, 4.69) is 63.3 Å². The smallest absolute Gasteiger partial charge is 0.137 e. The van der Waals surface area contributed by atoms with Crippen molar-refractivity contribution in [1.82, 2.24) is 29.4 Å². The zero-order valence-corrected chi connectivity index (χ0v) is 16.6. The zero-order valence-electron chi connectivity index (χ0n) is 16.6. The largest absolute Gasteiger partial charge is 0.369 e. The fraction of sp³-hybridized carbons (Fsp3) is 0.217. The molecule has 1 saturated heterocycles. The Balaban J connectivity index is 1.55. The van der Waals surface area contributed by atoms with Gasteiger partial charge in [0.05, 0.1) is 11.7 Å². The minimum Gasteiger partial charge on any atom is -0.369 e. The van der Waals surface area contributed by atoms with Gasteiger partial charge in [0.1, 0.15) is 5.65 Å². The van der Waals surface area contributed by atoms with Crippen LogP contribution in [0.1, 0.15) is 11.1 Å². The molecule has 1 fully saturated rings. The lowest BCUT2D eigenvalue weighted by Gasteiger charge is -2.35. The topological polar surface area (TPSA) is 52.5 Å². The van der Waals surface area contributed by atoms with Crippen molar-refractivity contribution in [1.29, 1.82) is 0 Å². The van der Waals surface area contributed by atoms with Gasteiger partial charge in [-0.15, -0.1) is 0 Å². The van der Waals surface area contributed by atoms with Crippen molar-refractivity contribution in [2.75, 3.05) is 33.2 Å². The van der Waals surface area contributed by atoms with Crippen LogP contribution in [0.4, 0.5) is 0 Å². The number of hydrogen-bond donors (Lipinski definition) is 1. The van der Waals surface area contributed by atoms with Crippen molar-refractivity contribution in [3.8, 4) is 11.1 Å². The molecule has 146 valence electrons. The van der Waals surface area contributed by atoms with Crippen LogP contribution in [0.5, 0.6) is 0 Å². The number of rotatable bonds is 4. The number of nitrogens with one attached hydrogen (secondary N) is 1. The van der Waals surface area contributed by atoms with Crippen LogP contribution in [0.2, 0.25) is 0 Å². The Hall–Kier alpha value is -3.38. The summed E-state index contributed by atoms with van der Waals surface area (Å²) in [6.45, 7) is 12.4. The highest BCUT2D eigenvalue weighted by molar-refractivity contribution is 5.96. The zero-order chi connectivity index (χ0) is 20.0. The maximum absolute atomic E-state index is 4.66. The van der Waals surface area contributed by atoms with E-state index in [0.29, 0.717) is 0 Å². The molecule has 5 rings (SSSR count). The van der Waals surface area contributed by atoms with E-state index in [0.717, 1.165) is 70.7 Å². The van der Waals surface area contributed by atoms with Crippen LogP contribution in [0.25, 0.3) is 39.5 Å². The number of aromatic amines is 1. The Morgan fingerprint density at radius 2 is 2.00 bits per heavy atom. The number of piperazine rings is 1. The van der Waals surface area contributed by atoms with Crippen LogP contribution < -0.4 is 0 Å². The van der Waals surface area contributed by atoms with Gasteiger partial charge in [0, 0.05) is 72.5 Å². The third kappa shape index (κ3) is 3.02. The third-order valence-electron chi connectivity index (χ3n) is 5.83. The first-order valence-corrected chi connectivity index (χ1v) is 9.84. The molecule has 0 atom stereocenters. The molecule has 0 saturated carbocycles. The lowest BCUT2D eigenvalue weighted by molar-refractivity contribution is 0.207. The predicted molar refractivity (Wildman–Crippen MR) is 118 cm³/mol. The third-order valence-corrected chi connectivity index (χ3v) is 5.83. The summed E-state index contributed by atoms with van der Waals surface area (Å²) < 4.78 is 1.87. The molecule has 0 radical (unpaired) electrons. The molecule has 1 aliphatic heterocycles. The Labute approximate surface area is 169 Å². The van der Waals surface area contributed by atoms with Crippen molar-refractivity contribution >= 4 is 28.3 Å². The summed E-state index contributed by atoms with van der Waals surface area (Å²) in [5.41, 5.74) is 7.30. The van der Waals surface area contributed by atoms with E-state index in [1.54, 1.807) is 0 Å². The lowest BCUT2D eigenvalue weighted by atomic mass is 10.0. The van der Waals surface area contributed by atoms with Crippen LogP contribution in [0, 0.1) is 0 Å². The summed E-state index contributed by atoms with van der Waals surface area (Å²) in [6, 6.07) is 6.43. The molecule has 1 aliphatic rings. The Bertz CT molecular complexity index is 1220. The number of nitrogens with zero attached hydrogens (tertiary/aromatic N) is 5. The van der Waals surface area contributed by atoms with E-state index >= 15 is 0 Å². The monoisotopic (exact) mass is 384 g/mol. The second kappa shape index (κ2) is 6.90. The quantitative estimate of drug-likeness (QED) is 0.582. The number of hydrogen-bond acceptors (Lipinski definition) is 4. The molecule has 0 aromatic carbocycles. The highest BCUT2D eigenvalue weighted by Gasteiger charge is 2.18. The number of fused-ring (bicyclic) bond motifs is 2. The summed E-state index contributed by atoms with van der Waals surface area (Å²) in [7, 11) is 2.16. The fourth-order valence-electron chi connectivity index (χ4n) is 3.98. The van der Waals surface area contributed by atoms with Crippen molar-refractivity contribution < 1.29 is 0 Å². The number of likely N-dealkylation sites (N-methyl/N-ethyl adjacent to an activating group) is 1. The van der Waals surface area contributed by atoms with Gasteiger partial charge in [0.2, 0.25) is 0 Å². The Kier molecular flexibility index (Phi) is 4.21. The van der Waals surface area contributed by atoms with E-state index in [1.807, 2.05) is 35.4 Å². The molecule has 5 heterocycles. The normalized spacial score (nSPS) is 15.3. The van der Waals surface area contributed by atoms with Crippen LogP contribution >= 0.6 is 0 Å². The minimum absolute atomic E-state index is 0.882. The summed E-state index contributed by atoms with van der Waals surface area (Å²) >= 11 is 0. The summed E-state index contributed by atoms with van der Waals surface area (Å²) in [6.07, 6.45) is 9.59. The van der Waals surface area contributed by atoms with Crippen LogP contribution in [0.15, 0.2) is 56.1 Å². The molecular weight excluding hydrogens is 360 g/mol. The van der Waals surface area contributed by atoms with Crippen LogP contribution in [-0.2, 0) is 0 Å². The predicted octanol–water partition coefficient (Wildman–Crippen LogP) is 3.74. The van der Waals surface area contributed by atoms with E-state index < -0.39 is 0 Å². The Morgan fingerprint density at radius 1 is 1.17 bits per heavy atom. The molecule has 6 heteroatoms. The van der Waals surface area contributed by atoms with Crippen molar-refractivity contribution in [3.05, 3.63) is 67.3 Å². The van der Waals surface area contributed by atoms with Crippen molar-refractivity contribution in [2.45, 2.75) is 0 Å². The molecule has 0 bridgehead atoms. The number of H-pyrrole nitrogens is 1. The van der Waals surface area contributed by atoms with Gasteiger partial charge in [-0.25, -0.2) is 9.50 Å². The molecule has 0 spiro atoms. The van der Waals surface area contributed by atoms with E-state index in [4.69, 9.17) is 0 Å². The SMILES string of the molecule is C=Cc1cnn2ccc(-c3c[nH]c4ncc(C(=C)N5CCN(C)CC5)cc34)cc12. The second-order valence-corrected chi connectivity index (χ2v) is 7.61. The first-order valence-electron chi connectivity index (χ1n) is 9.84. The molecule has 4 aromatic heterocycles. The molecular formula is C23H24N6. The van der Waals surface area contributed by atoms with E-state index in [-0.39, 0.29) is 0 Å². The van der Waals surface area contributed by atoms with E-state index in [9.17, 15) is 0 Å². The van der Waals surface area contributed by atoms with Gasteiger partial charge in [0.25, 0.3) is 0 Å². The van der Waals surface area contributed by atoms with Gasteiger partial charge in [-0.05, 0) is 30.8 Å². The summed E-state index contributed by atoms with van der Waals surface area (Å²) in [5.74, 6) is 0. The lowest BCUT2D eigenvalue weighted by Crippen LogP contribution is -2.43. The molecule has 6 nitrogen and oxygen atoms in total. The molecule has 0 amide bonds. The van der Waals surface area contributed by atoms with Gasteiger partial charge in [-0.3, -0.25) is 0 Å². The van der Waals surface area contributed by atoms with Gasteiger partial charge in [-0.2, -0.15) is 5.10 Å². The van der Waals surface area contributed by atoms with Gasteiger partial charge in [-0.1, -0.05) is 19.2 Å². The van der Waals surface area contributed by atoms with Gasteiger partial charge in [0.15, 0.2) is 0 Å². The molecule has 0 unspecified atom stereocenters. The fourth-order valence-corrected chi connectivity index (χ4v) is 3.98. The van der Waals surface area contributed by atoms with Crippen molar-refractivity contribution in [2.24, 2.45) is 0 Å². The second-order valence-electron chi connectivity index (χ2n) is 7.61. The molecule has 0 aliphatic carbocycles. The van der Waals surface area contributed by atoms with Crippen LogP contribution in [0.3, 0.4) is 0 Å². The summed E-state index contributed by atoms with van der Waals surface area (Å²) in [4.78, 5) is 12.7. The summed E-state index contributed by atoms with van der Waals surface area (Å²) in [5, 5.41) is 5.47.